The van der Waals surface area contributed by atoms with Gasteiger partial charge in [0.05, 0.1) is 17.6 Å². The van der Waals surface area contributed by atoms with Gasteiger partial charge in [-0.05, 0) is 17.7 Å². The van der Waals surface area contributed by atoms with E-state index in [9.17, 15) is 5.11 Å². The Bertz CT molecular complexity index is 1040. The third kappa shape index (κ3) is 2.91. The third-order valence-electron chi connectivity index (χ3n) is 4.33. The largest absolute Gasteiger partial charge is 0.507 e. The maximum atomic E-state index is 11.0. The van der Waals surface area contributed by atoms with Gasteiger partial charge in [-0.25, -0.2) is 0 Å². The van der Waals surface area contributed by atoms with E-state index in [1.807, 2.05) is 72.8 Å². The van der Waals surface area contributed by atoms with Crippen molar-refractivity contribution in [3.8, 4) is 22.6 Å². The lowest BCUT2D eigenvalue weighted by Gasteiger charge is -2.18. The fourth-order valence-corrected chi connectivity index (χ4v) is 4.24. The zero-order valence-corrected chi connectivity index (χ0v) is 15.2. The van der Waals surface area contributed by atoms with Crippen molar-refractivity contribution < 1.29 is 9.84 Å². The van der Waals surface area contributed by atoms with Crippen molar-refractivity contribution >= 4 is 22.5 Å². The molecule has 0 aliphatic carbocycles. The Labute approximate surface area is 157 Å². The number of phenols is 1. The number of phenolic OH excluding ortho intramolecular Hbond substituents is 1. The van der Waals surface area contributed by atoms with E-state index in [1.54, 1.807) is 18.9 Å². The van der Waals surface area contributed by atoms with Crippen LogP contribution in [0.15, 0.2) is 94.7 Å². The summed E-state index contributed by atoms with van der Waals surface area (Å²) in [6.45, 7) is 0. The van der Waals surface area contributed by atoms with E-state index >= 15 is 0 Å². The molecule has 0 amide bonds. The van der Waals surface area contributed by atoms with Crippen molar-refractivity contribution in [1.82, 2.24) is 0 Å². The summed E-state index contributed by atoms with van der Waals surface area (Å²) in [5, 5.41) is 12.8. The predicted octanol–water partition coefficient (Wildman–Crippen LogP) is 6.37. The van der Waals surface area contributed by atoms with E-state index in [0.29, 0.717) is 5.75 Å². The number of benzene rings is 4. The molecule has 1 N–H and O–H groups in total. The van der Waals surface area contributed by atoms with E-state index in [1.165, 1.54) is 0 Å². The molecule has 0 aromatic heterocycles. The first-order valence-electron chi connectivity index (χ1n) is 8.39. The van der Waals surface area contributed by atoms with Crippen molar-refractivity contribution in [1.29, 1.82) is 0 Å². The number of hydrogen-bond donors (Lipinski definition) is 1. The normalized spacial score (nSPS) is 10.8. The molecular weight excluding hydrogens is 340 g/mol. The molecule has 0 spiro atoms. The van der Waals surface area contributed by atoms with Gasteiger partial charge in [0.2, 0.25) is 0 Å². The van der Waals surface area contributed by atoms with Gasteiger partial charge in [0, 0.05) is 15.7 Å². The molecule has 0 fully saturated rings. The highest BCUT2D eigenvalue weighted by atomic mass is 32.2. The van der Waals surface area contributed by atoms with Gasteiger partial charge in [-0.3, -0.25) is 0 Å². The molecule has 0 atom stereocenters. The molecule has 0 aliphatic rings. The smallest absolute Gasteiger partial charge is 0.144 e. The second kappa shape index (κ2) is 7.14. The van der Waals surface area contributed by atoms with E-state index in [-0.39, 0.29) is 5.75 Å². The number of fused-ring (bicyclic) bond motifs is 1. The lowest BCUT2D eigenvalue weighted by molar-refractivity contribution is 0.402. The van der Waals surface area contributed by atoms with Crippen molar-refractivity contribution in [2.75, 3.05) is 7.11 Å². The number of methoxy groups -OCH3 is 1. The standard InChI is InChI=1S/C23H18O2S/c1-25-22-20(16-10-4-2-5-11-16)21(24)18-14-8-9-15-19(18)23(22)26-17-12-6-3-7-13-17/h2-15,24H,1H3. The van der Waals surface area contributed by atoms with Crippen LogP contribution in [0, 0.1) is 0 Å². The molecule has 0 saturated carbocycles. The summed E-state index contributed by atoms with van der Waals surface area (Å²) in [5.41, 5.74) is 1.66. The molecule has 128 valence electrons. The maximum absolute atomic E-state index is 11.0. The first kappa shape index (κ1) is 16.6. The Kier molecular flexibility index (Phi) is 4.55. The fourth-order valence-electron chi connectivity index (χ4n) is 3.14. The molecule has 0 heterocycles. The topological polar surface area (TPSA) is 29.5 Å². The van der Waals surface area contributed by atoms with Gasteiger partial charge in [0.1, 0.15) is 11.5 Å². The number of ether oxygens (including phenoxy) is 1. The van der Waals surface area contributed by atoms with Gasteiger partial charge in [0.25, 0.3) is 0 Å². The Morgan fingerprint density at radius 2 is 1.31 bits per heavy atom. The highest BCUT2D eigenvalue weighted by Crippen LogP contribution is 2.51. The molecule has 4 rings (SSSR count). The van der Waals surface area contributed by atoms with Gasteiger partial charge in [-0.2, -0.15) is 0 Å². The molecule has 0 radical (unpaired) electrons. The van der Waals surface area contributed by atoms with Gasteiger partial charge in [0.15, 0.2) is 0 Å². The minimum Gasteiger partial charge on any atom is -0.507 e. The zero-order valence-electron chi connectivity index (χ0n) is 14.3. The van der Waals surface area contributed by atoms with Crippen LogP contribution < -0.4 is 4.74 Å². The van der Waals surface area contributed by atoms with E-state index < -0.39 is 0 Å². The van der Waals surface area contributed by atoms with Crippen LogP contribution in [0.25, 0.3) is 21.9 Å². The lowest BCUT2D eigenvalue weighted by Crippen LogP contribution is -1.94. The molecule has 0 unspecified atom stereocenters. The summed E-state index contributed by atoms with van der Waals surface area (Å²) in [5.74, 6) is 0.947. The maximum Gasteiger partial charge on any atom is 0.144 e. The lowest BCUT2D eigenvalue weighted by atomic mass is 9.98. The average molecular weight is 358 g/mol. The molecule has 3 heteroatoms. The second-order valence-corrected chi connectivity index (χ2v) is 7.00. The first-order valence-corrected chi connectivity index (χ1v) is 9.21. The highest BCUT2D eigenvalue weighted by molar-refractivity contribution is 7.99. The summed E-state index contributed by atoms with van der Waals surface area (Å²) < 4.78 is 5.81. The number of aromatic hydroxyl groups is 1. The predicted molar refractivity (Wildman–Crippen MR) is 108 cm³/mol. The molecule has 2 nitrogen and oxygen atoms in total. The van der Waals surface area contributed by atoms with Crippen molar-refractivity contribution in [3.05, 3.63) is 84.9 Å². The molecular formula is C23H18O2S. The summed E-state index contributed by atoms with van der Waals surface area (Å²) in [4.78, 5) is 2.13. The van der Waals surface area contributed by atoms with Crippen LogP contribution in [0.4, 0.5) is 0 Å². The number of rotatable bonds is 4. The molecule has 0 bridgehead atoms. The van der Waals surface area contributed by atoms with Crippen LogP contribution in [0.1, 0.15) is 0 Å². The van der Waals surface area contributed by atoms with Crippen LogP contribution in [-0.4, -0.2) is 12.2 Å². The zero-order chi connectivity index (χ0) is 17.9. The van der Waals surface area contributed by atoms with Crippen molar-refractivity contribution in [3.63, 3.8) is 0 Å². The van der Waals surface area contributed by atoms with Gasteiger partial charge in [-0.1, -0.05) is 84.6 Å². The fraction of sp³-hybridized carbons (Fsp3) is 0.0435. The van der Waals surface area contributed by atoms with Crippen LogP contribution in [0.5, 0.6) is 11.5 Å². The average Bonchev–Trinajstić information content (AvgIpc) is 2.71. The van der Waals surface area contributed by atoms with Crippen LogP contribution in [0.3, 0.4) is 0 Å². The summed E-state index contributed by atoms with van der Waals surface area (Å²) in [7, 11) is 1.66. The van der Waals surface area contributed by atoms with Gasteiger partial charge >= 0.3 is 0 Å². The van der Waals surface area contributed by atoms with Crippen molar-refractivity contribution in [2.45, 2.75) is 9.79 Å². The SMILES string of the molecule is COc1c(-c2ccccc2)c(O)c2ccccc2c1Sc1ccccc1. The first-order chi connectivity index (χ1) is 12.8. The second-order valence-electron chi connectivity index (χ2n) is 5.91. The number of hydrogen-bond acceptors (Lipinski definition) is 3. The molecule has 0 aliphatic heterocycles. The summed E-state index contributed by atoms with van der Waals surface area (Å²) >= 11 is 1.65. The monoisotopic (exact) mass is 358 g/mol. The summed E-state index contributed by atoms with van der Waals surface area (Å²) in [6.07, 6.45) is 0. The van der Waals surface area contributed by atoms with Crippen LogP contribution in [0.2, 0.25) is 0 Å². The van der Waals surface area contributed by atoms with Crippen LogP contribution >= 0.6 is 11.8 Å². The third-order valence-corrected chi connectivity index (χ3v) is 5.44. The molecule has 0 saturated heterocycles. The Balaban J connectivity index is 2.04. The van der Waals surface area contributed by atoms with Gasteiger partial charge in [-0.15, -0.1) is 0 Å². The molecule has 4 aromatic carbocycles. The van der Waals surface area contributed by atoms with Crippen LogP contribution in [-0.2, 0) is 0 Å². The van der Waals surface area contributed by atoms with Crippen molar-refractivity contribution in [2.24, 2.45) is 0 Å². The molecule has 26 heavy (non-hydrogen) atoms. The Morgan fingerprint density at radius 3 is 1.96 bits per heavy atom. The highest BCUT2D eigenvalue weighted by Gasteiger charge is 2.21. The quantitative estimate of drug-likeness (QED) is 0.459. The minimum atomic E-state index is 0.251. The van der Waals surface area contributed by atoms with E-state index in [4.69, 9.17) is 4.74 Å². The van der Waals surface area contributed by atoms with E-state index in [2.05, 4.69) is 12.1 Å². The Morgan fingerprint density at radius 1 is 0.731 bits per heavy atom. The molecule has 4 aromatic rings. The van der Waals surface area contributed by atoms with E-state index in [0.717, 1.165) is 31.7 Å². The van der Waals surface area contributed by atoms with Gasteiger partial charge < -0.3 is 9.84 Å². The minimum absolute atomic E-state index is 0.251. The Hall–Kier alpha value is -2.91. The summed E-state index contributed by atoms with van der Waals surface area (Å²) in [6, 6.07) is 28.0.